The van der Waals surface area contributed by atoms with Crippen LogP contribution in [0.1, 0.15) is 0 Å². The Morgan fingerprint density at radius 3 is 2.83 bits per heavy atom. The zero-order valence-electron chi connectivity index (χ0n) is 10.2. The molecule has 0 fully saturated rings. The normalized spacial score (nSPS) is 11.0. The molecule has 92 valence electrons. The van der Waals surface area contributed by atoms with Crippen molar-refractivity contribution in [1.29, 1.82) is 0 Å². The molecular formula is C13H13N3O2. The van der Waals surface area contributed by atoms with E-state index in [0.717, 1.165) is 22.4 Å². The summed E-state index contributed by atoms with van der Waals surface area (Å²) >= 11 is 0. The Balaban J connectivity index is 2.22. The second-order valence-electron chi connectivity index (χ2n) is 4.07. The van der Waals surface area contributed by atoms with Crippen LogP contribution in [0.5, 0.6) is 5.75 Å². The number of hydrogen-bond donors (Lipinski definition) is 1. The van der Waals surface area contributed by atoms with Crippen LogP contribution in [0.25, 0.3) is 22.4 Å². The molecule has 5 nitrogen and oxygen atoms in total. The highest BCUT2D eigenvalue weighted by atomic mass is 16.5. The largest absolute Gasteiger partial charge is 0.493 e. The van der Waals surface area contributed by atoms with Crippen LogP contribution >= 0.6 is 0 Å². The van der Waals surface area contributed by atoms with Crippen LogP contribution in [0, 0.1) is 0 Å². The lowest BCUT2D eigenvalue weighted by Gasteiger charge is -1.99. The maximum atomic E-state index is 5.83. The number of nitrogen functional groups attached to an aromatic ring is 1. The Bertz CT molecular complexity index is 712. The summed E-state index contributed by atoms with van der Waals surface area (Å²) in [6.07, 6.45) is 0. The van der Waals surface area contributed by atoms with Crippen LogP contribution in [-0.4, -0.2) is 16.9 Å². The summed E-state index contributed by atoms with van der Waals surface area (Å²) in [7, 11) is 3.45. The van der Waals surface area contributed by atoms with Crippen molar-refractivity contribution in [2.24, 2.45) is 7.05 Å². The zero-order valence-corrected chi connectivity index (χ0v) is 10.2. The summed E-state index contributed by atoms with van der Waals surface area (Å²) in [5.74, 6) is 1.91. The predicted molar refractivity (Wildman–Crippen MR) is 69.4 cm³/mol. The standard InChI is InChI=1S/C13H13N3O2/c1-16-9(7-12(14)15-16)11-6-8-4-3-5-10(17-2)13(8)18-11/h3-7H,1-2H3,(H2,14,15). The summed E-state index contributed by atoms with van der Waals surface area (Å²) in [6, 6.07) is 9.51. The van der Waals surface area contributed by atoms with Gasteiger partial charge in [-0.25, -0.2) is 0 Å². The van der Waals surface area contributed by atoms with Crippen LogP contribution in [0.2, 0.25) is 0 Å². The molecule has 3 rings (SSSR count). The summed E-state index contributed by atoms with van der Waals surface area (Å²) < 4.78 is 12.8. The van der Waals surface area contributed by atoms with Crippen LogP contribution in [-0.2, 0) is 7.05 Å². The van der Waals surface area contributed by atoms with E-state index in [-0.39, 0.29) is 0 Å². The molecular weight excluding hydrogens is 230 g/mol. The molecule has 0 atom stereocenters. The number of anilines is 1. The Labute approximate surface area is 104 Å². The molecule has 3 aromatic rings. The number of nitrogens with zero attached hydrogens (tertiary/aromatic N) is 2. The number of hydrogen-bond acceptors (Lipinski definition) is 4. The van der Waals surface area contributed by atoms with Gasteiger partial charge in [-0.3, -0.25) is 4.68 Å². The van der Waals surface area contributed by atoms with Crippen molar-refractivity contribution in [3.8, 4) is 17.2 Å². The van der Waals surface area contributed by atoms with Crippen molar-refractivity contribution >= 4 is 16.8 Å². The number of aryl methyl sites for hydroxylation is 1. The van der Waals surface area contributed by atoms with E-state index in [4.69, 9.17) is 14.9 Å². The number of furan rings is 1. The van der Waals surface area contributed by atoms with Gasteiger partial charge in [-0.2, -0.15) is 5.10 Å². The van der Waals surface area contributed by atoms with E-state index in [2.05, 4.69) is 5.10 Å². The SMILES string of the molecule is COc1cccc2cc(-c3cc(N)nn3C)oc12. The lowest BCUT2D eigenvalue weighted by Crippen LogP contribution is -1.93. The summed E-state index contributed by atoms with van der Waals surface area (Å²) in [6.45, 7) is 0. The second kappa shape index (κ2) is 3.80. The monoisotopic (exact) mass is 243 g/mol. The average Bonchev–Trinajstić information content (AvgIpc) is 2.91. The first-order chi connectivity index (χ1) is 8.69. The molecule has 0 unspecified atom stereocenters. The van der Waals surface area contributed by atoms with Crippen LogP contribution < -0.4 is 10.5 Å². The van der Waals surface area contributed by atoms with Gasteiger partial charge in [-0.15, -0.1) is 0 Å². The number of ether oxygens (including phenoxy) is 1. The van der Waals surface area contributed by atoms with Gasteiger partial charge in [-0.1, -0.05) is 12.1 Å². The lowest BCUT2D eigenvalue weighted by molar-refractivity contribution is 0.411. The van der Waals surface area contributed by atoms with Crippen molar-refractivity contribution in [3.63, 3.8) is 0 Å². The topological polar surface area (TPSA) is 66.2 Å². The van der Waals surface area contributed by atoms with Gasteiger partial charge in [0.1, 0.15) is 11.5 Å². The molecule has 5 heteroatoms. The fourth-order valence-electron chi connectivity index (χ4n) is 2.04. The second-order valence-corrected chi connectivity index (χ2v) is 4.07. The molecule has 0 aliphatic carbocycles. The highest BCUT2D eigenvalue weighted by Gasteiger charge is 2.13. The fraction of sp³-hybridized carbons (Fsp3) is 0.154. The summed E-state index contributed by atoms with van der Waals surface area (Å²) in [4.78, 5) is 0. The van der Waals surface area contributed by atoms with Crippen LogP contribution in [0.4, 0.5) is 5.82 Å². The predicted octanol–water partition coefficient (Wildman–Crippen LogP) is 2.42. The quantitative estimate of drug-likeness (QED) is 0.750. The number of fused-ring (bicyclic) bond motifs is 1. The maximum Gasteiger partial charge on any atom is 0.176 e. The van der Waals surface area contributed by atoms with Gasteiger partial charge >= 0.3 is 0 Å². The number of rotatable bonds is 2. The van der Waals surface area contributed by atoms with E-state index in [9.17, 15) is 0 Å². The van der Waals surface area contributed by atoms with Gasteiger partial charge in [0.15, 0.2) is 17.1 Å². The first-order valence-corrected chi connectivity index (χ1v) is 5.55. The Morgan fingerprint density at radius 1 is 1.33 bits per heavy atom. The van der Waals surface area contributed by atoms with Crippen molar-refractivity contribution in [2.75, 3.05) is 12.8 Å². The number of aromatic nitrogens is 2. The first kappa shape index (κ1) is 10.7. The van der Waals surface area contributed by atoms with Crippen molar-refractivity contribution in [2.45, 2.75) is 0 Å². The number of para-hydroxylation sites is 1. The highest BCUT2D eigenvalue weighted by molar-refractivity contribution is 5.87. The molecule has 0 aliphatic rings. The fourth-order valence-corrected chi connectivity index (χ4v) is 2.04. The molecule has 2 heterocycles. The molecule has 18 heavy (non-hydrogen) atoms. The number of methoxy groups -OCH3 is 1. The maximum absolute atomic E-state index is 5.83. The molecule has 0 aliphatic heterocycles. The molecule has 0 radical (unpaired) electrons. The van der Waals surface area contributed by atoms with Gasteiger partial charge in [0, 0.05) is 18.5 Å². The average molecular weight is 243 g/mol. The van der Waals surface area contributed by atoms with Gasteiger partial charge in [0.05, 0.1) is 7.11 Å². The molecule has 1 aromatic carbocycles. The van der Waals surface area contributed by atoms with E-state index in [1.807, 2.05) is 31.3 Å². The third kappa shape index (κ3) is 1.52. The highest BCUT2D eigenvalue weighted by Crippen LogP contribution is 2.33. The minimum atomic E-state index is 0.472. The van der Waals surface area contributed by atoms with Gasteiger partial charge in [0.25, 0.3) is 0 Å². The minimum Gasteiger partial charge on any atom is -0.493 e. The van der Waals surface area contributed by atoms with E-state index in [1.54, 1.807) is 17.9 Å². The summed E-state index contributed by atoms with van der Waals surface area (Å²) in [5.41, 5.74) is 7.24. The van der Waals surface area contributed by atoms with E-state index in [0.29, 0.717) is 11.6 Å². The van der Waals surface area contributed by atoms with Crippen molar-refractivity contribution in [3.05, 3.63) is 30.3 Å². The lowest BCUT2D eigenvalue weighted by atomic mass is 10.2. The third-order valence-corrected chi connectivity index (χ3v) is 2.88. The van der Waals surface area contributed by atoms with E-state index >= 15 is 0 Å². The molecule has 0 saturated heterocycles. The smallest absolute Gasteiger partial charge is 0.176 e. The first-order valence-electron chi connectivity index (χ1n) is 5.55. The summed E-state index contributed by atoms with van der Waals surface area (Å²) in [5, 5.41) is 5.09. The number of nitrogens with two attached hydrogens (primary N) is 1. The van der Waals surface area contributed by atoms with Gasteiger partial charge in [0.2, 0.25) is 0 Å². The number of benzene rings is 1. The third-order valence-electron chi connectivity index (χ3n) is 2.88. The zero-order chi connectivity index (χ0) is 12.7. The van der Waals surface area contributed by atoms with Crippen LogP contribution in [0.3, 0.4) is 0 Å². The molecule has 2 aromatic heterocycles. The molecule has 2 N–H and O–H groups in total. The van der Waals surface area contributed by atoms with Crippen LogP contribution in [0.15, 0.2) is 34.7 Å². The van der Waals surface area contributed by atoms with Crippen molar-refractivity contribution in [1.82, 2.24) is 9.78 Å². The molecule has 0 saturated carbocycles. The molecule has 0 bridgehead atoms. The Hall–Kier alpha value is -2.43. The molecule has 0 spiro atoms. The van der Waals surface area contributed by atoms with Gasteiger partial charge in [-0.05, 0) is 12.1 Å². The van der Waals surface area contributed by atoms with Crippen molar-refractivity contribution < 1.29 is 9.15 Å². The Kier molecular flexibility index (Phi) is 2.26. The Morgan fingerprint density at radius 2 is 2.17 bits per heavy atom. The molecule has 0 amide bonds. The minimum absolute atomic E-state index is 0.472. The van der Waals surface area contributed by atoms with Gasteiger partial charge < -0.3 is 14.9 Å². The van der Waals surface area contributed by atoms with E-state index < -0.39 is 0 Å². The van der Waals surface area contributed by atoms with E-state index in [1.165, 1.54) is 0 Å².